The van der Waals surface area contributed by atoms with E-state index in [9.17, 15) is 18.8 Å². The van der Waals surface area contributed by atoms with Crippen LogP contribution in [0.3, 0.4) is 0 Å². The van der Waals surface area contributed by atoms with E-state index in [1.54, 1.807) is 35.2 Å². The third-order valence-electron chi connectivity index (χ3n) is 4.87. The number of carbonyl (C=O) groups excluding carboxylic acids is 3. The first kappa shape index (κ1) is 21.3. The normalized spacial score (nSPS) is 12.8. The molecule has 1 N–H and O–H groups in total. The third-order valence-corrected chi connectivity index (χ3v) is 4.87. The van der Waals surface area contributed by atoms with Crippen LogP contribution in [0.1, 0.15) is 19.4 Å². The molecular weight excluding hydrogens is 389 g/mol. The molecule has 3 amide bonds. The van der Waals surface area contributed by atoms with Crippen LogP contribution in [0, 0.1) is 5.82 Å². The van der Waals surface area contributed by atoms with Crippen molar-refractivity contribution in [2.75, 3.05) is 36.5 Å². The zero-order chi connectivity index (χ0) is 21.7. The summed E-state index contributed by atoms with van der Waals surface area (Å²) >= 11 is 0. The first-order valence-electron chi connectivity index (χ1n) is 9.80. The van der Waals surface area contributed by atoms with Crippen molar-refractivity contribution in [1.82, 2.24) is 4.90 Å². The van der Waals surface area contributed by atoms with Gasteiger partial charge in [-0.2, -0.15) is 0 Å². The maximum Gasteiger partial charge on any atom is 0.265 e. The largest absolute Gasteiger partial charge is 0.482 e. The summed E-state index contributed by atoms with van der Waals surface area (Å²) in [5, 5.41) is 2.77. The predicted octanol–water partition coefficient (Wildman–Crippen LogP) is 2.60. The van der Waals surface area contributed by atoms with Crippen molar-refractivity contribution in [2.45, 2.75) is 20.3 Å². The van der Waals surface area contributed by atoms with E-state index >= 15 is 0 Å². The summed E-state index contributed by atoms with van der Waals surface area (Å²) in [6.07, 6.45) is 0.0803. The van der Waals surface area contributed by atoms with Gasteiger partial charge in [0.05, 0.1) is 12.1 Å². The van der Waals surface area contributed by atoms with E-state index in [0.717, 1.165) is 0 Å². The summed E-state index contributed by atoms with van der Waals surface area (Å²) in [6.45, 7) is 4.63. The summed E-state index contributed by atoms with van der Waals surface area (Å²) in [4.78, 5) is 40.3. The summed E-state index contributed by atoms with van der Waals surface area (Å²) in [6, 6.07) is 10.6. The van der Waals surface area contributed by atoms with Gasteiger partial charge in [-0.3, -0.25) is 19.3 Å². The maximum atomic E-state index is 13.0. The molecule has 0 fully saturated rings. The molecule has 0 unspecified atom stereocenters. The summed E-state index contributed by atoms with van der Waals surface area (Å²) in [5.41, 5.74) is 1.59. The van der Waals surface area contributed by atoms with Crippen molar-refractivity contribution in [1.29, 1.82) is 0 Å². The van der Waals surface area contributed by atoms with Crippen LogP contribution in [0.25, 0.3) is 0 Å². The number of benzene rings is 2. The van der Waals surface area contributed by atoms with Crippen LogP contribution in [0.5, 0.6) is 5.75 Å². The number of hydrogen-bond donors (Lipinski definition) is 1. The number of likely N-dealkylation sites (N-methyl/N-ethyl adjacent to an activating group) is 1. The highest BCUT2D eigenvalue weighted by molar-refractivity contribution is 6.03. The SMILES string of the molecule is CCN(CC)C(=O)CN1C(=O)COc2ccc(NC(=O)Cc3ccc(F)cc3)cc21. The summed E-state index contributed by atoms with van der Waals surface area (Å²) in [7, 11) is 0. The smallest absolute Gasteiger partial charge is 0.265 e. The molecule has 0 atom stereocenters. The number of anilines is 2. The second kappa shape index (κ2) is 9.39. The molecule has 3 rings (SSSR count). The lowest BCUT2D eigenvalue weighted by Gasteiger charge is -2.31. The van der Waals surface area contributed by atoms with Gasteiger partial charge in [-0.1, -0.05) is 12.1 Å². The van der Waals surface area contributed by atoms with E-state index in [4.69, 9.17) is 4.74 Å². The first-order valence-corrected chi connectivity index (χ1v) is 9.80. The second-order valence-corrected chi connectivity index (χ2v) is 6.87. The molecule has 2 aromatic carbocycles. The second-order valence-electron chi connectivity index (χ2n) is 6.87. The molecule has 7 nitrogen and oxygen atoms in total. The zero-order valence-corrected chi connectivity index (χ0v) is 17.0. The van der Waals surface area contributed by atoms with Crippen LogP contribution in [-0.2, 0) is 20.8 Å². The van der Waals surface area contributed by atoms with Gasteiger partial charge < -0.3 is 15.0 Å². The van der Waals surface area contributed by atoms with E-state index in [0.29, 0.717) is 35.8 Å². The molecule has 8 heteroatoms. The van der Waals surface area contributed by atoms with Crippen LogP contribution < -0.4 is 15.0 Å². The number of halogens is 1. The monoisotopic (exact) mass is 413 g/mol. The van der Waals surface area contributed by atoms with Gasteiger partial charge in [0.2, 0.25) is 11.8 Å². The number of nitrogens with one attached hydrogen (secondary N) is 1. The number of hydrogen-bond acceptors (Lipinski definition) is 4. The van der Waals surface area contributed by atoms with Crippen LogP contribution in [0.15, 0.2) is 42.5 Å². The van der Waals surface area contributed by atoms with Gasteiger partial charge in [-0.25, -0.2) is 4.39 Å². The lowest BCUT2D eigenvalue weighted by molar-refractivity contribution is -0.131. The molecule has 1 aliphatic heterocycles. The van der Waals surface area contributed by atoms with E-state index in [2.05, 4.69) is 5.32 Å². The molecule has 1 heterocycles. The Kier molecular flexibility index (Phi) is 6.66. The Labute approximate surface area is 174 Å². The zero-order valence-electron chi connectivity index (χ0n) is 17.0. The van der Waals surface area contributed by atoms with Crippen LogP contribution >= 0.6 is 0 Å². The molecular formula is C22H24FN3O4. The fourth-order valence-corrected chi connectivity index (χ4v) is 3.26. The fourth-order valence-electron chi connectivity index (χ4n) is 3.26. The van der Waals surface area contributed by atoms with Crippen LogP contribution in [0.2, 0.25) is 0 Å². The van der Waals surface area contributed by atoms with Crippen molar-refractivity contribution in [3.8, 4) is 5.75 Å². The Morgan fingerprint density at radius 3 is 2.50 bits per heavy atom. The van der Waals surface area contributed by atoms with Gasteiger partial charge in [0.1, 0.15) is 18.1 Å². The van der Waals surface area contributed by atoms with Crippen molar-refractivity contribution in [3.05, 3.63) is 53.8 Å². The van der Waals surface area contributed by atoms with E-state index in [1.807, 2.05) is 13.8 Å². The topological polar surface area (TPSA) is 79.0 Å². The minimum atomic E-state index is -0.363. The van der Waals surface area contributed by atoms with Gasteiger partial charge in [0.25, 0.3) is 5.91 Å². The predicted molar refractivity (Wildman–Crippen MR) is 111 cm³/mol. The van der Waals surface area contributed by atoms with Gasteiger partial charge in [-0.05, 0) is 49.7 Å². The Bertz CT molecular complexity index is 942. The Balaban J connectivity index is 1.75. The average molecular weight is 413 g/mol. The number of ether oxygens (including phenoxy) is 1. The lowest BCUT2D eigenvalue weighted by atomic mass is 10.1. The molecule has 0 radical (unpaired) electrons. The number of nitrogens with zero attached hydrogens (tertiary/aromatic N) is 2. The van der Waals surface area contributed by atoms with Crippen molar-refractivity contribution < 1.29 is 23.5 Å². The quantitative estimate of drug-likeness (QED) is 0.757. The average Bonchev–Trinajstić information content (AvgIpc) is 2.73. The minimum Gasteiger partial charge on any atom is -0.482 e. The fraction of sp³-hybridized carbons (Fsp3) is 0.318. The molecule has 0 spiro atoms. The maximum absolute atomic E-state index is 13.0. The highest BCUT2D eigenvalue weighted by Crippen LogP contribution is 2.34. The molecule has 1 aliphatic rings. The molecule has 0 aliphatic carbocycles. The Hall–Kier alpha value is -3.42. The molecule has 0 bridgehead atoms. The number of rotatable bonds is 7. The molecule has 0 saturated carbocycles. The summed E-state index contributed by atoms with van der Waals surface area (Å²) < 4.78 is 18.5. The third kappa shape index (κ3) is 4.94. The number of carbonyl (C=O) groups is 3. The molecule has 0 saturated heterocycles. The Morgan fingerprint density at radius 1 is 1.13 bits per heavy atom. The first-order chi connectivity index (χ1) is 14.4. The Morgan fingerprint density at radius 2 is 1.83 bits per heavy atom. The molecule has 158 valence electrons. The molecule has 0 aromatic heterocycles. The minimum absolute atomic E-state index is 0.0803. The number of amides is 3. The number of fused-ring (bicyclic) bond motifs is 1. The molecule has 30 heavy (non-hydrogen) atoms. The highest BCUT2D eigenvalue weighted by atomic mass is 19.1. The van der Waals surface area contributed by atoms with E-state index in [-0.39, 0.29) is 43.1 Å². The van der Waals surface area contributed by atoms with Crippen molar-refractivity contribution >= 4 is 29.1 Å². The van der Waals surface area contributed by atoms with Crippen LogP contribution in [0.4, 0.5) is 15.8 Å². The van der Waals surface area contributed by atoms with E-state index in [1.165, 1.54) is 17.0 Å². The summed E-state index contributed by atoms with van der Waals surface area (Å²) in [5.74, 6) is -0.656. The highest BCUT2D eigenvalue weighted by Gasteiger charge is 2.29. The van der Waals surface area contributed by atoms with Crippen LogP contribution in [-0.4, -0.2) is 48.9 Å². The van der Waals surface area contributed by atoms with Crippen molar-refractivity contribution in [2.24, 2.45) is 0 Å². The van der Waals surface area contributed by atoms with Crippen molar-refractivity contribution in [3.63, 3.8) is 0 Å². The van der Waals surface area contributed by atoms with Gasteiger partial charge >= 0.3 is 0 Å². The lowest BCUT2D eigenvalue weighted by Crippen LogP contribution is -2.46. The standard InChI is InChI=1S/C22H24FN3O4/c1-3-25(4-2)21(28)13-26-18-12-17(9-10-19(18)30-14-22(26)29)24-20(27)11-15-5-7-16(23)8-6-15/h5-10,12H,3-4,11,13-14H2,1-2H3,(H,24,27). The van der Waals surface area contributed by atoms with E-state index < -0.39 is 0 Å². The molecule has 2 aromatic rings. The van der Waals surface area contributed by atoms with Gasteiger partial charge in [-0.15, -0.1) is 0 Å². The van der Waals surface area contributed by atoms with Gasteiger partial charge in [0, 0.05) is 18.8 Å². The van der Waals surface area contributed by atoms with Gasteiger partial charge in [0.15, 0.2) is 6.61 Å².